The molecular weight excluding hydrogens is 320 g/mol. The standard InChI is InChI=1S/C17H24N6O2/c1-3-12(2)21-10-7-13-15(20-8-5-4-6-9-20)19-16-14(23(24)25)11-18-22(16)17(13)21/h11-12H,3-10H2,1-2H3. The van der Waals surface area contributed by atoms with Crippen molar-refractivity contribution < 1.29 is 4.92 Å². The molecule has 2 aliphatic heterocycles. The van der Waals surface area contributed by atoms with Crippen LogP contribution < -0.4 is 9.80 Å². The van der Waals surface area contributed by atoms with Gasteiger partial charge in [-0.05, 0) is 39.0 Å². The van der Waals surface area contributed by atoms with E-state index in [-0.39, 0.29) is 10.6 Å². The third-order valence-electron chi connectivity index (χ3n) is 5.53. The molecule has 2 aliphatic rings. The number of hydrogen-bond donors (Lipinski definition) is 0. The molecule has 0 radical (unpaired) electrons. The third-order valence-corrected chi connectivity index (χ3v) is 5.53. The lowest BCUT2D eigenvalue weighted by Gasteiger charge is -2.30. The number of hydrogen-bond acceptors (Lipinski definition) is 6. The Morgan fingerprint density at radius 1 is 1.28 bits per heavy atom. The number of aromatic nitrogens is 3. The van der Waals surface area contributed by atoms with Crippen LogP contribution in [0.25, 0.3) is 5.65 Å². The molecule has 2 aromatic rings. The first-order valence-electron chi connectivity index (χ1n) is 9.18. The van der Waals surface area contributed by atoms with E-state index in [1.165, 1.54) is 18.2 Å². The summed E-state index contributed by atoms with van der Waals surface area (Å²) in [7, 11) is 0. The smallest absolute Gasteiger partial charge is 0.333 e. The lowest BCUT2D eigenvalue weighted by molar-refractivity contribution is -0.383. The first-order valence-corrected chi connectivity index (χ1v) is 9.18. The number of nitrogens with zero attached hydrogens (tertiary/aromatic N) is 6. The van der Waals surface area contributed by atoms with Crippen molar-refractivity contribution >= 4 is 23.0 Å². The van der Waals surface area contributed by atoms with Crippen molar-refractivity contribution in [3.8, 4) is 0 Å². The summed E-state index contributed by atoms with van der Waals surface area (Å²) in [6, 6.07) is 0.365. The highest BCUT2D eigenvalue weighted by Gasteiger charge is 2.33. The minimum absolute atomic E-state index is 0.0166. The predicted molar refractivity (Wildman–Crippen MR) is 96.5 cm³/mol. The quantitative estimate of drug-likeness (QED) is 0.627. The zero-order valence-electron chi connectivity index (χ0n) is 14.8. The Morgan fingerprint density at radius 2 is 2.04 bits per heavy atom. The van der Waals surface area contributed by atoms with Crippen LogP contribution in [0.2, 0.25) is 0 Å². The molecule has 4 heterocycles. The maximum absolute atomic E-state index is 11.4. The van der Waals surface area contributed by atoms with Crippen LogP contribution in [0, 0.1) is 10.1 Å². The number of piperidine rings is 1. The second-order valence-corrected chi connectivity index (χ2v) is 7.01. The summed E-state index contributed by atoms with van der Waals surface area (Å²) in [5.74, 6) is 1.92. The Hall–Kier alpha value is -2.38. The van der Waals surface area contributed by atoms with Crippen molar-refractivity contribution in [2.45, 2.75) is 52.0 Å². The van der Waals surface area contributed by atoms with E-state index in [1.807, 2.05) is 0 Å². The summed E-state index contributed by atoms with van der Waals surface area (Å²) in [5, 5.41) is 15.7. The van der Waals surface area contributed by atoms with E-state index in [0.717, 1.165) is 57.0 Å². The van der Waals surface area contributed by atoms with Gasteiger partial charge in [0.2, 0.25) is 5.65 Å². The maximum Gasteiger partial charge on any atom is 0.333 e. The Balaban J connectivity index is 1.93. The molecule has 0 aromatic carbocycles. The molecule has 8 heteroatoms. The van der Waals surface area contributed by atoms with Gasteiger partial charge in [0.15, 0.2) is 0 Å². The van der Waals surface area contributed by atoms with E-state index in [4.69, 9.17) is 4.98 Å². The lowest BCUT2D eigenvalue weighted by atomic mass is 10.1. The van der Waals surface area contributed by atoms with Gasteiger partial charge in [-0.2, -0.15) is 9.61 Å². The largest absolute Gasteiger partial charge is 0.356 e. The average Bonchev–Trinajstić information content (AvgIpc) is 3.24. The highest BCUT2D eigenvalue weighted by atomic mass is 16.6. The van der Waals surface area contributed by atoms with Gasteiger partial charge in [0.25, 0.3) is 0 Å². The van der Waals surface area contributed by atoms with Gasteiger partial charge in [0.05, 0.1) is 4.92 Å². The summed E-state index contributed by atoms with van der Waals surface area (Å²) in [6.45, 7) is 7.22. The maximum atomic E-state index is 11.4. The summed E-state index contributed by atoms with van der Waals surface area (Å²) in [4.78, 5) is 20.4. The first kappa shape index (κ1) is 16.1. The number of nitro groups is 1. The molecule has 1 fully saturated rings. The summed E-state index contributed by atoms with van der Waals surface area (Å²) in [5.41, 5.74) is 1.53. The number of fused-ring (bicyclic) bond motifs is 3. The van der Waals surface area contributed by atoms with Crippen molar-refractivity contribution in [2.24, 2.45) is 0 Å². The molecule has 0 bridgehead atoms. The Kier molecular flexibility index (Phi) is 3.97. The molecule has 25 heavy (non-hydrogen) atoms. The summed E-state index contributed by atoms with van der Waals surface area (Å²) < 4.78 is 1.68. The molecule has 1 saturated heterocycles. The predicted octanol–water partition coefficient (Wildman–Crippen LogP) is 2.79. The number of anilines is 2. The molecule has 4 rings (SSSR count). The normalized spacial score (nSPS) is 18.6. The van der Waals surface area contributed by atoms with Gasteiger partial charge in [0.1, 0.15) is 17.8 Å². The molecule has 1 unspecified atom stereocenters. The van der Waals surface area contributed by atoms with Gasteiger partial charge in [-0.1, -0.05) is 6.92 Å². The zero-order chi connectivity index (χ0) is 17.6. The van der Waals surface area contributed by atoms with Crippen molar-refractivity contribution in [3.63, 3.8) is 0 Å². The van der Waals surface area contributed by atoms with Gasteiger partial charge < -0.3 is 9.80 Å². The fourth-order valence-electron chi connectivity index (χ4n) is 3.99. The van der Waals surface area contributed by atoms with Crippen LogP contribution in [0.4, 0.5) is 17.3 Å². The van der Waals surface area contributed by atoms with Crippen molar-refractivity contribution in [1.29, 1.82) is 0 Å². The molecule has 0 amide bonds. The zero-order valence-corrected chi connectivity index (χ0v) is 14.8. The molecule has 0 N–H and O–H groups in total. The Morgan fingerprint density at radius 3 is 2.72 bits per heavy atom. The van der Waals surface area contributed by atoms with Crippen molar-refractivity contribution in [2.75, 3.05) is 29.4 Å². The molecule has 0 spiro atoms. The monoisotopic (exact) mass is 344 g/mol. The van der Waals surface area contributed by atoms with Gasteiger partial charge in [-0.25, -0.2) is 4.98 Å². The molecule has 8 nitrogen and oxygen atoms in total. The van der Waals surface area contributed by atoms with Crippen LogP contribution in [-0.2, 0) is 6.42 Å². The highest BCUT2D eigenvalue weighted by Crippen LogP contribution is 2.39. The van der Waals surface area contributed by atoms with Crippen LogP contribution >= 0.6 is 0 Å². The minimum Gasteiger partial charge on any atom is -0.356 e. The molecular formula is C17H24N6O2. The molecule has 134 valence electrons. The summed E-state index contributed by atoms with van der Waals surface area (Å²) >= 11 is 0. The van der Waals surface area contributed by atoms with Crippen LogP contribution in [0.1, 0.15) is 45.1 Å². The van der Waals surface area contributed by atoms with Gasteiger partial charge in [-0.3, -0.25) is 10.1 Å². The van der Waals surface area contributed by atoms with Crippen LogP contribution in [0.5, 0.6) is 0 Å². The van der Waals surface area contributed by atoms with E-state index in [2.05, 4.69) is 28.7 Å². The molecule has 0 aliphatic carbocycles. The van der Waals surface area contributed by atoms with E-state index >= 15 is 0 Å². The van der Waals surface area contributed by atoms with Crippen molar-refractivity contribution in [3.05, 3.63) is 21.9 Å². The van der Waals surface area contributed by atoms with Gasteiger partial charge in [-0.15, -0.1) is 0 Å². The molecule has 2 aromatic heterocycles. The van der Waals surface area contributed by atoms with Gasteiger partial charge in [0, 0.05) is 31.2 Å². The SMILES string of the molecule is CCC(C)N1CCc2c(N3CCCCC3)nc3c([N+](=O)[O-])cnn3c21. The fourth-order valence-corrected chi connectivity index (χ4v) is 3.99. The fraction of sp³-hybridized carbons (Fsp3) is 0.647. The van der Waals surface area contributed by atoms with Gasteiger partial charge >= 0.3 is 5.69 Å². The van der Waals surface area contributed by atoms with Crippen molar-refractivity contribution in [1.82, 2.24) is 14.6 Å². The molecule has 0 saturated carbocycles. The van der Waals surface area contributed by atoms with Crippen LogP contribution in [0.15, 0.2) is 6.20 Å². The second-order valence-electron chi connectivity index (χ2n) is 7.01. The Bertz CT molecular complexity index is 811. The topological polar surface area (TPSA) is 79.8 Å². The van der Waals surface area contributed by atoms with Crippen LogP contribution in [-0.4, -0.2) is 45.2 Å². The lowest BCUT2D eigenvalue weighted by Crippen LogP contribution is -2.33. The number of rotatable bonds is 4. The Labute approximate surface area is 146 Å². The summed E-state index contributed by atoms with van der Waals surface area (Å²) in [6.07, 6.45) is 6.81. The van der Waals surface area contributed by atoms with E-state index < -0.39 is 0 Å². The minimum atomic E-state index is -0.385. The van der Waals surface area contributed by atoms with E-state index in [0.29, 0.717) is 11.7 Å². The van der Waals surface area contributed by atoms with Crippen LogP contribution in [0.3, 0.4) is 0 Å². The first-order chi connectivity index (χ1) is 12.1. The van der Waals surface area contributed by atoms with E-state index in [9.17, 15) is 10.1 Å². The highest BCUT2D eigenvalue weighted by molar-refractivity contribution is 5.73. The average molecular weight is 344 g/mol. The molecule has 1 atom stereocenters. The third kappa shape index (κ3) is 2.51. The van der Waals surface area contributed by atoms with E-state index in [1.54, 1.807) is 4.52 Å². The second kappa shape index (κ2) is 6.16.